The van der Waals surface area contributed by atoms with Gasteiger partial charge in [0.15, 0.2) is 0 Å². The van der Waals surface area contributed by atoms with Gasteiger partial charge in [-0.2, -0.15) is 11.8 Å². The average molecular weight is 239 g/mol. The van der Waals surface area contributed by atoms with E-state index in [4.69, 9.17) is 0 Å². The number of thioether (sulfide) groups is 1. The lowest BCUT2D eigenvalue weighted by Gasteiger charge is -2.26. The first-order valence-electron chi connectivity index (χ1n) is 5.85. The van der Waals surface area contributed by atoms with Crippen LogP contribution in [0.5, 0.6) is 0 Å². The fraction of sp³-hybridized carbons (Fsp3) is 0.538. The van der Waals surface area contributed by atoms with Crippen LogP contribution in [0.15, 0.2) is 24.3 Å². The molecule has 1 aliphatic heterocycles. The van der Waals surface area contributed by atoms with Gasteiger partial charge in [-0.05, 0) is 49.0 Å². The van der Waals surface area contributed by atoms with Gasteiger partial charge in [-0.3, -0.25) is 0 Å². The maximum absolute atomic E-state index is 12.8. The Bertz CT molecular complexity index is 319. The highest BCUT2D eigenvalue weighted by Crippen LogP contribution is 2.20. The van der Waals surface area contributed by atoms with Gasteiger partial charge in [-0.25, -0.2) is 4.39 Å². The van der Waals surface area contributed by atoms with Gasteiger partial charge >= 0.3 is 0 Å². The predicted octanol–water partition coefficient (Wildman–Crippen LogP) is 3.37. The number of hydrogen-bond acceptors (Lipinski definition) is 2. The summed E-state index contributed by atoms with van der Waals surface area (Å²) in [5.74, 6) is 2.35. The van der Waals surface area contributed by atoms with Gasteiger partial charge in [-0.1, -0.05) is 12.1 Å². The molecule has 1 saturated heterocycles. The molecule has 1 fully saturated rings. The van der Waals surface area contributed by atoms with E-state index >= 15 is 0 Å². The summed E-state index contributed by atoms with van der Waals surface area (Å²) in [4.78, 5) is 0. The number of benzene rings is 1. The van der Waals surface area contributed by atoms with E-state index < -0.39 is 0 Å². The van der Waals surface area contributed by atoms with E-state index in [0.29, 0.717) is 12.1 Å². The largest absolute Gasteiger partial charge is 0.307 e. The first-order chi connectivity index (χ1) is 7.75. The molecule has 1 aromatic rings. The Morgan fingerprint density at radius 1 is 1.25 bits per heavy atom. The molecule has 0 aliphatic carbocycles. The lowest BCUT2D eigenvalue weighted by Crippen LogP contribution is -2.34. The number of halogens is 1. The molecule has 0 aromatic heterocycles. The number of nitrogens with one attached hydrogen (secondary N) is 1. The quantitative estimate of drug-likeness (QED) is 0.868. The molecular formula is C13H18FNS. The Morgan fingerprint density at radius 3 is 2.50 bits per heavy atom. The zero-order chi connectivity index (χ0) is 11.4. The van der Waals surface area contributed by atoms with Gasteiger partial charge in [0, 0.05) is 12.1 Å². The molecule has 88 valence electrons. The van der Waals surface area contributed by atoms with Crippen LogP contribution in [-0.4, -0.2) is 17.5 Å². The van der Waals surface area contributed by atoms with Crippen LogP contribution >= 0.6 is 11.8 Å². The van der Waals surface area contributed by atoms with Crippen LogP contribution in [-0.2, 0) is 0 Å². The van der Waals surface area contributed by atoms with E-state index in [1.807, 2.05) is 23.9 Å². The second kappa shape index (κ2) is 5.69. The third-order valence-corrected chi connectivity index (χ3v) is 4.13. The van der Waals surface area contributed by atoms with Gasteiger partial charge < -0.3 is 5.32 Å². The van der Waals surface area contributed by atoms with Crippen molar-refractivity contribution in [2.75, 3.05) is 11.5 Å². The Hall–Kier alpha value is -0.540. The first-order valence-corrected chi connectivity index (χ1v) is 7.00. The lowest BCUT2D eigenvalue weighted by molar-refractivity contribution is 0.431. The van der Waals surface area contributed by atoms with Crippen molar-refractivity contribution in [1.82, 2.24) is 5.32 Å². The summed E-state index contributed by atoms with van der Waals surface area (Å²) in [7, 11) is 0. The molecule has 0 spiro atoms. The fourth-order valence-corrected chi connectivity index (χ4v) is 3.17. The zero-order valence-electron chi connectivity index (χ0n) is 9.58. The van der Waals surface area contributed by atoms with Gasteiger partial charge in [0.05, 0.1) is 0 Å². The van der Waals surface area contributed by atoms with E-state index in [-0.39, 0.29) is 5.82 Å². The van der Waals surface area contributed by atoms with E-state index in [2.05, 4.69) is 12.2 Å². The molecule has 1 nitrogen and oxygen atoms in total. The third kappa shape index (κ3) is 3.22. The minimum Gasteiger partial charge on any atom is -0.307 e. The van der Waals surface area contributed by atoms with Crippen molar-refractivity contribution >= 4 is 11.8 Å². The Labute approximate surface area is 101 Å². The molecular weight excluding hydrogens is 221 g/mol. The van der Waals surface area contributed by atoms with Gasteiger partial charge in [0.25, 0.3) is 0 Å². The Morgan fingerprint density at radius 2 is 1.88 bits per heavy atom. The van der Waals surface area contributed by atoms with E-state index in [0.717, 1.165) is 0 Å². The number of rotatable bonds is 3. The molecule has 1 N–H and O–H groups in total. The molecule has 0 unspecified atom stereocenters. The SMILES string of the molecule is C[C@@H](NC1CCSCC1)c1ccc(F)cc1. The maximum atomic E-state index is 12.8. The Balaban J connectivity index is 1.91. The van der Waals surface area contributed by atoms with Crippen LogP contribution in [0, 0.1) is 5.82 Å². The van der Waals surface area contributed by atoms with Crippen molar-refractivity contribution in [1.29, 1.82) is 0 Å². The van der Waals surface area contributed by atoms with Crippen molar-refractivity contribution in [3.63, 3.8) is 0 Å². The van der Waals surface area contributed by atoms with Crippen LogP contribution in [0.3, 0.4) is 0 Å². The zero-order valence-corrected chi connectivity index (χ0v) is 10.4. The molecule has 0 amide bonds. The topological polar surface area (TPSA) is 12.0 Å². The van der Waals surface area contributed by atoms with Crippen LogP contribution in [0.4, 0.5) is 4.39 Å². The predicted molar refractivity (Wildman–Crippen MR) is 68.3 cm³/mol. The molecule has 16 heavy (non-hydrogen) atoms. The second-order valence-corrected chi connectivity index (χ2v) is 5.55. The standard InChI is InChI=1S/C13H18FNS/c1-10(11-2-4-12(14)5-3-11)15-13-6-8-16-9-7-13/h2-5,10,13,15H,6-9H2,1H3/t10-/m1/s1. The molecule has 3 heteroatoms. The van der Waals surface area contributed by atoms with E-state index in [1.54, 1.807) is 0 Å². The second-order valence-electron chi connectivity index (χ2n) is 4.33. The summed E-state index contributed by atoms with van der Waals surface area (Å²) < 4.78 is 12.8. The lowest BCUT2D eigenvalue weighted by atomic mass is 10.1. The molecule has 1 atom stereocenters. The molecule has 0 bridgehead atoms. The van der Waals surface area contributed by atoms with Crippen molar-refractivity contribution in [2.24, 2.45) is 0 Å². The molecule has 0 saturated carbocycles. The fourth-order valence-electron chi connectivity index (χ4n) is 2.07. The summed E-state index contributed by atoms with van der Waals surface area (Å²) in [6.45, 7) is 2.15. The van der Waals surface area contributed by atoms with E-state index in [1.165, 1.54) is 42.0 Å². The summed E-state index contributed by atoms with van der Waals surface area (Å²) in [5.41, 5.74) is 1.17. The average Bonchev–Trinajstić information content (AvgIpc) is 2.31. The maximum Gasteiger partial charge on any atom is 0.123 e. The first kappa shape index (κ1) is 11.9. The molecule has 1 aliphatic rings. The van der Waals surface area contributed by atoms with Gasteiger partial charge in [0.2, 0.25) is 0 Å². The molecule has 0 radical (unpaired) electrons. The molecule has 2 rings (SSSR count). The summed E-state index contributed by atoms with van der Waals surface area (Å²) in [5, 5.41) is 3.62. The molecule has 1 heterocycles. The highest BCUT2D eigenvalue weighted by molar-refractivity contribution is 7.99. The number of hydrogen-bond donors (Lipinski definition) is 1. The van der Waals surface area contributed by atoms with Crippen LogP contribution in [0.25, 0.3) is 0 Å². The highest BCUT2D eigenvalue weighted by Gasteiger charge is 2.16. The smallest absolute Gasteiger partial charge is 0.123 e. The summed E-state index contributed by atoms with van der Waals surface area (Å²) in [6.07, 6.45) is 2.49. The minimum atomic E-state index is -0.162. The minimum absolute atomic E-state index is 0.162. The van der Waals surface area contributed by atoms with Gasteiger partial charge in [-0.15, -0.1) is 0 Å². The van der Waals surface area contributed by atoms with Crippen LogP contribution < -0.4 is 5.32 Å². The van der Waals surface area contributed by atoms with Crippen LogP contribution in [0.2, 0.25) is 0 Å². The summed E-state index contributed by atoms with van der Waals surface area (Å²) in [6, 6.07) is 7.74. The summed E-state index contributed by atoms with van der Waals surface area (Å²) >= 11 is 2.03. The monoisotopic (exact) mass is 239 g/mol. The third-order valence-electron chi connectivity index (χ3n) is 3.08. The van der Waals surface area contributed by atoms with Crippen molar-refractivity contribution in [3.05, 3.63) is 35.6 Å². The van der Waals surface area contributed by atoms with Gasteiger partial charge in [0.1, 0.15) is 5.82 Å². The Kier molecular flexibility index (Phi) is 4.24. The van der Waals surface area contributed by atoms with E-state index in [9.17, 15) is 4.39 Å². The van der Waals surface area contributed by atoms with Crippen molar-refractivity contribution < 1.29 is 4.39 Å². The highest BCUT2D eigenvalue weighted by atomic mass is 32.2. The van der Waals surface area contributed by atoms with Crippen LogP contribution in [0.1, 0.15) is 31.4 Å². The van der Waals surface area contributed by atoms with Crippen molar-refractivity contribution in [3.8, 4) is 0 Å². The normalized spacial score (nSPS) is 19.6. The van der Waals surface area contributed by atoms with Crippen molar-refractivity contribution in [2.45, 2.75) is 31.8 Å². The molecule has 1 aromatic carbocycles.